The smallest absolute Gasteiger partial charge is 0.251 e. The SMILES string of the molecule is CC(C)c1cc(-c2ccccc2)cc(=O)n1C. The lowest BCUT2D eigenvalue weighted by molar-refractivity contribution is 0.707. The van der Waals surface area contributed by atoms with E-state index in [-0.39, 0.29) is 5.56 Å². The third-order valence-electron chi connectivity index (χ3n) is 3.00. The van der Waals surface area contributed by atoms with Crippen LogP contribution in [0.1, 0.15) is 25.5 Å². The molecule has 0 unspecified atom stereocenters. The summed E-state index contributed by atoms with van der Waals surface area (Å²) in [6.07, 6.45) is 0. The molecule has 17 heavy (non-hydrogen) atoms. The van der Waals surface area contributed by atoms with E-state index in [1.807, 2.05) is 37.4 Å². The molecular formula is C15H17NO. The lowest BCUT2D eigenvalue weighted by atomic mass is 10.0. The average Bonchev–Trinajstić information content (AvgIpc) is 2.33. The summed E-state index contributed by atoms with van der Waals surface area (Å²) in [7, 11) is 1.83. The molecule has 1 aromatic carbocycles. The van der Waals surface area contributed by atoms with E-state index in [4.69, 9.17) is 0 Å². The molecule has 2 aromatic rings. The molecule has 0 atom stereocenters. The predicted molar refractivity (Wildman–Crippen MR) is 71.2 cm³/mol. The first kappa shape index (κ1) is 11.6. The Morgan fingerprint density at radius 3 is 2.24 bits per heavy atom. The van der Waals surface area contributed by atoms with Crippen LogP contribution in [0, 0.1) is 0 Å². The summed E-state index contributed by atoms with van der Waals surface area (Å²) >= 11 is 0. The lowest BCUT2D eigenvalue weighted by Crippen LogP contribution is -2.20. The molecule has 2 heteroatoms. The van der Waals surface area contributed by atoms with Gasteiger partial charge in [-0.3, -0.25) is 4.79 Å². The van der Waals surface area contributed by atoms with Crippen molar-refractivity contribution in [3.63, 3.8) is 0 Å². The van der Waals surface area contributed by atoms with Gasteiger partial charge >= 0.3 is 0 Å². The first-order chi connectivity index (χ1) is 8.09. The fourth-order valence-corrected chi connectivity index (χ4v) is 2.01. The van der Waals surface area contributed by atoms with Gasteiger partial charge in [0.2, 0.25) is 0 Å². The Labute approximate surface area is 102 Å². The van der Waals surface area contributed by atoms with Crippen molar-refractivity contribution in [1.82, 2.24) is 4.57 Å². The van der Waals surface area contributed by atoms with Crippen LogP contribution in [0.25, 0.3) is 11.1 Å². The second-order valence-corrected chi connectivity index (χ2v) is 4.59. The maximum atomic E-state index is 11.9. The van der Waals surface area contributed by atoms with E-state index in [9.17, 15) is 4.79 Å². The Balaban J connectivity index is 2.62. The zero-order valence-corrected chi connectivity index (χ0v) is 10.5. The van der Waals surface area contributed by atoms with Gasteiger partial charge in [-0.05, 0) is 23.1 Å². The van der Waals surface area contributed by atoms with Gasteiger partial charge in [0.05, 0.1) is 0 Å². The minimum Gasteiger partial charge on any atom is -0.315 e. The fraction of sp³-hybridized carbons (Fsp3) is 0.267. The number of hydrogen-bond acceptors (Lipinski definition) is 1. The standard InChI is InChI=1S/C15H17NO/c1-11(2)14-9-13(10-15(17)16(14)3)12-7-5-4-6-8-12/h4-11H,1-3H3. The molecule has 0 radical (unpaired) electrons. The molecule has 1 heterocycles. The van der Waals surface area contributed by atoms with Crippen LogP contribution >= 0.6 is 0 Å². The maximum Gasteiger partial charge on any atom is 0.251 e. The molecule has 0 aliphatic rings. The van der Waals surface area contributed by atoms with Gasteiger partial charge < -0.3 is 4.57 Å². The minimum absolute atomic E-state index is 0.0510. The van der Waals surface area contributed by atoms with Crippen LogP contribution in [0.2, 0.25) is 0 Å². The molecule has 0 aliphatic carbocycles. The van der Waals surface area contributed by atoms with Crippen molar-refractivity contribution in [1.29, 1.82) is 0 Å². The summed E-state index contributed by atoms with van der Waals surface area (Å²) in [6, 6.07) is 13.8. The highest BCUT2D eigenvalue weighted by atomic mass is 16.1. The van der Waals surface area contributed by atoms with Gasteiger partial charge in [-0.25, -0.2) is 0 Å². The van der Waals surface area contributed by atoms with Gasteiger partial charge in [-0.15, -0.1) is 0 Å². The lowest BCUT2D eigenvalue weighted by Gasteiger charge is -2.13. The van der Waals surface area contributed by atoms with Gasteiger partial charge in [0.15, 0.2) is 0 Å². The second-order valence-electron chi connectivity index (χ2n) is 4.59. The normalized spacial score (nSPS) is 10.8. The van der Waals surface area contributed by atoms with E-state index in [1.54, 1.807) is 10.6 Å². The predicted octanol–water partition coefficient (Wildman–Crippen LogP) is 3.18. The number of rotatable bonds is 2. The first-order valence-corrected chi connectivity index (χ1v) is 5.86. The molecule has 2 rings (SSSR count). The number of hydrogen-bond donors (Lipinski definition) is 0. The minimum atomic E-state index is 0.0510. The third kappa shape index (κ3) is 2.31. The van der Waals surface area contributed by atoms with Crippen molar-refractivity contribution < 1.29 is 0 Å². The number of aromatic nitrogens is 1. The average molecular weight is 227 g/mol. The Morgan fingerprint density at radius 1 is 1.00 bits per heavy atom. The van der Waals surface area contributed by atoms with Crippen molar-refractivity contribution in [2.24, 2.45) is 7.05 Å². The summed E-state index contributed by atoms with van der Waals surface area (Å²) in [5, 5.41) is 0. The molecule has 88 valence electrons. The van der Waals surface area contributed by atoms with Crippen molar-refractivity contribution in [3.05, 3.63) is 58.5 Å². The van der Waals surface area contributed by atoms with Crippen molar-refractivity contribution in [3.8, 4) is 11.1 Å². The van der Waals surface area contributed by atoms with Crippen LogP contribution in [-0.2, 0) is 7.05 Å². The zero-order chi connectivity index (χ0) is 12.4. The zero-order valence-electron chi connectivity index (χ0n) is 10.5. The van der Waals surface area contributed by atoms with Crippen LogP contribution in [0.5, 0.6) is 0 Å². The van der Waals surface area contributed by atoms with Crippen LogP contribution in [0.15, 0.2) is 47.3 Å². The van der Waals surface area contributed by atoms with Crippen molar-refractivity contribution in [2.45, 2.75) is 19.8 Å². The Bertz CT molecular complexity index is 567. The first-order valence-electron chi connectivity index (χ1n) is 5.86. The summed E-state index contributed by atoms with van der Waals surface area (Å²) in [5.41, 5.74) is 3.20. The molecule has 0 fully saturated rings. The van der Waals surface area contributed by atoms with E-state index >= 15 is 0 Å². The quantitative estimate of drug-likeness (QED) is 0.772. The largest absolute Gasteiger partial charge is 0.315 e. The number of pyridine rings is 1. The second kappa shape index (κ2) is 4.58. The van der Waals surface area contributed by atoms with E-state index in [1.165, 1.54) is 0 Å². The fourth-order valence-electron chi connectivity index (χ4n) is 2.01. The summed E-state index contributed by atoms with van der Waals surface area (Å²) in [6.45, 7) is 4.20. The Hall–Kier alpha value is -1.83. The van der Waals surface area contributed by atoms with E-state index in [0.717, 1.165) is 16.8 Å². The summed E-state index contributed by atoms with van der Waals surface area (Å²) in [5.74, 6) is 0.344. The number of benzene rings is 1. The third-order valence-corrected chi connectivity index (χ3v) is 3.00. The van der Waals surface area contributed by atoms with Crippen LogP contribution in [-0.4, -0.2) is 4.57 Å². The summed E-state index contributed by atoms with van der Waals surface area (Å²) < 4.78 is 1.72. The molecule has 0 bridgehead atoms. The Morgan fingerprint density at radius 2 is 1.65 bits per heavy atom. The number of nitrogens with zero attached hydrogens (tertiary/aromatic N) is 1. The maximum absolute atomic E-state index is 11.9. The van der Waals surface area contributed by atoms with Gasteiger partial charge in [0, 0.05) is 18.8 Å². The molecule has 0 aliphatic heterocycles. The van der Waals surface area contributed by atoms with Gasteiger partial charge in [-0.2, -0.15) is 0 Å². The van der Waals surface area contributed by atoms with Crippen molar-refractivity contribution in [2.75, 3.05) is 0 Å². The highest BCUT2D eigenvalue weighted by molar-refractivity contribution is 5.63. The highest BCUT2D eigenvalue weighted by Crippen LogP contribution is 2.21. The molecule has 0 amide bonds. The molecule has 0 saturated carbocycles. The van der Waals surface area contributed by atoms with E-state index in [2.05, 4.69) is 19.9 Å². The Kier molecular flexibility index (Phi) is 3.14. The monoisotopic (exact) mass is 227 g/mol. The topological polar surface area (TPSA) is 22.0 Å². The van der Waals surface area contributed by atoms with Crippen LogP contribution in [0.4, 0.5) is 0 Å². The molecule has 0 saturated heterocycles. The van der Waals surface area contributed by atoms with Gasteiger partial charge in [0.1, 0.15) is 0 Å². The highest BCUT2D eigenvalue weighted by Gasteiger charge is 2.08. The van der Waals surface area contributed by atoms with Crippen LogP contribution in [0.3, 0.4) is 0 Å². The van der Waals surface area contributed by atoms with Gasteiger partial charge in [-0.1, -0.05) is 44.2 Å². The van der Waals surface area contributed by atoms with E-state index in [0.29, 0.717) is 5.92 Å². The van der Waals surface area contributed by atoms with Crippen LogP contribution < -0.4 is 5.56 Å². The molecule has 0 N–H and O–H groups in total. The molecular weight excluding hydrogens is 210 g/mol. The van der Waals surface area contributed by atoms with Gasteiger partial charge in [0.25, 0.3) is 5.56 Å². The molecule has 2 nitrogen and oxygen atoms in total. The molecule has 1 aromatic heterocycles. The molecule has 0 spiro atoms. The summed E-state index contributed by atoms with van der Waals surface area (Å²) in [4.78, 5) is 11.9. The van der Waals surface area contributed by atoms with Crippen molar-refractivity contribution >= 4 is 0 Å². The van der Waals surface area contributed by atoms with E-state index < -0.39 is 0 Å².